The molecule has 1 atom stereocenters. The summed E-state index contributed by atoms with van der Waals surface area (Å²) in [4.78, 5) is 2.04. The third kappa shape index (κ3) is 3.05. The number of anilines is 1. The average Bonchev–Trinajstić information content (AvgIpc) is 3.01. The Kier molecular flexibility index (Phi) is 4.66. The van der Waals surface area contributed by atoms with E-state index in [0.717, 1.165) is 41.8 Å². The third-order valence-electron chi connectivity index (χ3n) is 4.54. The zero-order valence-electron chi connectivity index (χ0n) is 14.8. The summed E-state index contributed by atoms with van der Waals surface area (Å²) in [6.07, 6.45) is 3.00. The molecular formula is C19H23N5O. The van der Waals surface area contributed by atoms with Crippen molar-refractivity contribution in [2.45, 2.75) is 32.1 Å². The molecular weight excluding hydrogens is 314 g/mol. The Morgan fingerprint density at radius 1 is 1.32 bits per heavy atom. The van der Waals surface area contributed by atoms with Crippen LogP contribution in [-0.4, -0.2) is 24.3 Å². The van der Waals surface area contributed by atoms with Gasteiger partial charge >= 0.3 is 0 Å². The number of nitrogens with zero attached hydrogens (tertiary/aromatic N) is 3. The normalized spacial score (nSPS) is 16.2. The molecule has 0 bridgehead atoms. The molecule has 1 aromatic heterocycles. The molecule has 25 heavy (non-hydrogen) atoms. The molecule has 0 aliphatic carbocycles. The van der Waals surface area contributed by atoms with Gasteiger partial charge in [-0.25, -0.2) is 0 Å². The van der Waals surface area contributed by atoms with E-state index >= 15 is 0 Å². The highest BCUT2D eigenvalue weighted by atomic mass is 16.5. The van der Waals surface area contributed by atoms with Gasteiger partial charge in [0, 0.05) is 31.0 Å². The van der Waals surface area contributed by atoms with Gasteiger partial charge in [-0.15, -0.1) is 5.10 Å². The minimum Gasteiger partial charge on any atom is -0.420 e. The number of aromatic amines is 1. The van der Waals surface area contributed by atoms with Crippen LogP contribution >= 0.6 is 0 Å². The molecule has 2 aromatic rings. The smallest absolute Gasteiger partial charge is 0.244 e. The van der Waals surface area contributed by atoms with E-state index in [1.807, 2.05) is 43.3 Å². The highest BCUT2D eigenvalue weighted by Crippen LogP contribution is 2.43. The van der Waals surface area contributed by atoms with Crippen LogP contribution in [0.25, 0.3) is 0 Å². The Morgan fingerprint density at radius 3 is 2.64 bits per heavy atom. The van der Waals surface area contributed by atoms with Crippen molar-refractivity contribution in [2.75, 3.05) is 19.0 Å². The lowest BCUT2D eigenvalue weighted by atomic mass is 9.83. The predicted molar refractivity (Wildman–Crippen MR) is 97.3 cm³/mol. The monoisotopic (exact) mass is 337 g/mol. The first-order chi connectivity index (χ1) is 12.1. The summed E-state index contributed by atoms with van der Waals surface area (Å²) in [6.45, 7) is 2.15. The number of rotatable bonds is 5. The summed E-state index contributed by atoms with van der Waals surface area (Å²) in [5.41, 5.74) is 10.5. The highest BCUT2D eigenvalue weighted by molar-refractivity contribution is 5.57. The Balaban J connectivity index is 2.09. The molecule has 0 saturated heterocycles. The number of benzene rings is 1. The molecule has 0 radical (unpaired) electrons. The summed E-state index contributed by atoms with van der Waals surface area (Å²) in [6, 6.07) is 10.4. The minimum absolute atomic E-state index is 0.130. The van der Waals surface area contributed by atoms with Gasteiger partial charge in [0.2, 0.25) is 11.8 Å². The number of allylic oxidation sites excluding steroid dienone is 1. The number of aromatic nitrogens is 2. The van der Waals surface area contributed by atoms with Gasteiger partial charge in [-0.2, -0.15) is 5.26 Å². The van der Waals surface area contributed by atoms with Crippen molar-refractivity contribution in [3.8, 4) is 11.9 Å². The van der Waals surface area contributed by atoms with Crippen LogP contribution in [0.1, 0.15) is 42.5 Å². The first-order valence-electron chi connectivity index (χ1n) is 8.48. The lowest BCUT2D eigenvalue weighted by Crippen LogP contribution is -2.21. The summed E-state index contributed by atoms with van der Waals surface area (Å²) >= 11 is 0. The molecule has 0 amide bonds. The lowest BCUT2D eigenvalue weighted by Gasteiger charge is -2.24. The molecule has 1 aromatic carbocycles. The van der Waals surface area contributed by atoms with Crippen LogP contribution in [0.4, 0.5) is 5.69 Å². The maximum Gasteiger partial charge on any atom is 0.244 e. The number of ether oxygens (including phenoxy) is 1. The molecule has 0 spiro atoms. The molecule has 1 aliphatic heterocycles. The van der Waals surface area contributed by atoms with Crippen LogP contribution in [-0.2, 0) is 6.42 Å². The summed E-state index contributed by atoms with van der Waals surface area (Å²) in [7, 11) is 4.00. The molecule has 6 nitrogen and oxygen atoms in total. The number of fused-ring (bicyclic) bond motifs is 1. The second-order valence-corrected chi connectivity index (χ2v) is 6.44. The minimum atomic E-state index is -0.254. The van der Waals surface area contributed by atoms with Gasteiger partial charge in [0.1, 0.15) is 11.6 Å². The summed E-state index contributed by atoms with van der Waals surface area (Å²) < 4.78 is 5.59. The second-order valence-electron chi connectivity index (χ2n) is 6.44. The molecule has 3 N–H and O–H groups in total. The standard InChI is InChI=1S/C19H23N5O/c1-4-5-6-15-17-16(12-7-9-13(10-8-12)24(2)3)14(11-20)18(21)25-19(17)23-22-15/h7-10,16H,4-6,21H2,1-3H3,(H,22,23). The molecule has 1 aliphatic rings. The van der Waals surface area contributed by atoms with Gasteiger partial charge in [0.25, 0.3) is 0 Å². The van der Waals surface area contributed by atoms with E-state index in [0.29, 0.717) is 11.5 Å². The van der Waals surface area contributed by atoms with Crippen molar-refractivity contribution in [2.24, 2.45) is 5.73 Å². The van der Waals surface area contributed by atoms with Gasteiger partial charge in [-0.05, 0) is 30.5 Å². The lowest BCUT2D eigenvalue weighted by molar-refractivity contribution is 0.378. The van der Waals surface area contributed by atoms with Crippen molar-refractivity contribution in [3.05, 3.63) is 52.5 Å². The maximum absolute atomic E-state index is 9.66. The van der Waals surface area contributed by atoms with Gasteiger partial charge in [0.05, 0.1) is 5.92 Å². The van der Waals surface area contributed by atoms with E-state index in [4.69, 9.17) is 10.5 Å². The SMILES string of the molecule is CCCCc1[nH]nc2c1C(c1ccc(N(C)C)cc1)C(C#N)=C(N)O2. The van der Waals surface area contributed by atoms with Crippen LogP contribution in [0.3, 0.4) is 0 Å². The zero-order valence-corrected chi connectivity index (χ0v) is 14.8. The number of nitriles is 1. The Morgan fingerprint density at radius 2 is 2.04 bits per heavy atom. The van der Waals surface area contributed by atoms with Crippen LogP contribution < -0.4 is 15.4 Å². The van der Waals surface area contributed by atoms with E-state index in [-0.39, 0.29) is 11.8 Å². The third-order valence-corrected chi connectivity index (χ3v) is 4.54. The van der Waals surface area contributed by atoms with E-state index in [2.05, 4.69) is 23.2 Å². The number of nitrogens with one attached hydrogen (secondary N) is 1. The molecule has 0 saturated carbocycles. The fourth-order valence-corrected chi connectivity index (χ4v) is 3.15. The number of hydrogen-bond acceptors (Lipinski definition) is 5. The van der Waals surface area contributed by atoms with Crippen LogP contribution in [0.15, 0.2) is 35.7 Å². The van der Waals surface area contributed by atoms with Crippen molar-refractivity contribution in [3.63, 3.8) is 0 Å². The van der Waals surface area contributed by atoms with Crippen molar-refractivity contribution >= 4 is 5.69 Å². The second kappa shape index (κ2) is 6.89. The quantitative estimate of drug-likeness (QED) is 0.875. The average molecular weight is 337 g/mol. The fourth-order valence-electron chi connectivity index (χ4n) is 3.15. The van der Waals surface area contributed by atoms with E-state index < -0.39 is 0 Å². The van der Waals surface area contributed by atoms with Gasteiger partial charge in [-0.1, -0.05) is 25.5 Å². The van der Waals surface area contributed by atoms with E-state index in [1.54, 1.807) is 0 Å². The van der Waals surface area contributed by atoms with E-state index in [9.17, 15) is 5.26 Å². The molecule has 2 heterocycles. The van der Waals surface area contributed by atoms with Crippen LogP contribution in [0.2, 0.25) is 0 Å². The first kappa shape index (κ1) is 16.9. The van der Waals surface area contributed by atoms with Gasteiger partial charge in [0.15, 0.2) is 0 Å². The largest absolute Gasteiger partial charge is 0.420 e. The Bertz CT molecular complexity index is 826. The van der Waals surface area contributed by atoms with Crippen molar-refractivity contribution in [1.29, 1.82) is 5.26 Å². The summed E-state index contributed by atoms with van der Waals surface area (Å²) in [5.74, 6) is 0.352. The Labute approximate surface area is 147 Å². The van der Waals surface area contributed by atoms with Crippen molar-refractivity contribution in [1.82, 2.24) is 10.2 Å². The molecule has 6 heteroatoms. The molecule has 130 valence electrons. The van der Waals surface area contributed by atoms with Gasteiger partial charge < -0.3 is 15.4 Å². The van der Waals surface area contributed by atoms with Gasteiger partial charge in [-0.3, -0.25) is 5.10 Å². The maximum atomic E-state index is 9.66. The number of H-pyrrole nitrogens is 1. The molecule has 0 fully saturated rings. The number of hydrogen-bond donors (Lipinski definition) is 2. The number of aryl methyl sites for hydroxylation is 1. The molecule has 1 unspecified atom stereocenters. The predicted octanol–water partition coefficient (Wildman–Crippen LogP) is 3.04. The Hall–Kier alpha value is -2.94. The topological polar surface area (TPSA) is 91.0 Å². The summed E-state index contributed by atoms with van der Waals surface area (Å²) in [5, 5.41) is 17.0. The van der Waals surface area contributed by atoms with Crippen LogP contribution in [0, 0.1) is 11.3 Å². The van der Waals surface area contributed by atoms with Crippen molar-refractivity contribution < 1.29 is 4.74 Å². The zero-order chi connectivity index (χ0) is 18.0. The first-order valence-corrected chi connectivity index (χ1v) is 8.48. The molecule has 3 rings (SSSR count). The highest BCUT2D eigenvalue weighted by Gasteiger charge is 2.34. The van der Waals surface area contributed by atoms with Crippen LogP contribution in [0.5, 0.6) is 5.88 Å². The fraction of sp³-hybridized carbons (Fsp3) is 0.368. The number of unbranched alkanes of at least 4 members (excludes halogenated alkanes) is 1. The van der Waals surface area contributed by atoms with E-state index in [1.165, 1.54) is 0 Å². The number of nitrogens with two attached hydrogens (primary N) is 1.